The minimum atomic E-state index is 0.501. The average molecular weight is 236 g/mol. The van der Waals surface area contributed by atoms with Gasteiger partial charge in [0, 0.05) is 21.2 Å². The lowest BCUT2D eigenvalue weighted by Gasteiger charge is -2.07. The smallest absolute Gasteiger partial charge is 0.0453 e. The van der Waals surface area contributed by atoms with Crippen molar-refractivity contribution in [1.82, 2.24) is 0 Å². The van der Waals surface area contributed by atoms with Gasteiger partial charge in [-0.15, -0.1) is 0 Å². The number of azide groups is 2. The maximum Gasteiger partial charge on any atom is 0.0453 e. The molecule has 0 aliphatic heterocycles. The molecule has 0 atom stereocenters. The van der Waals surface area contributed by atoms with Gasteiger partial charge in [-0.3, -0.25) is 0 Å². The van der Waals surface area contributed by atoms with Crippen LogP contribution in [0.15, 0.2) is 58.8 Å². The zero-order chi connectivity index (χ0) is 12.8. The van der Waals surface area contributed by atoms with Gasteiger partial charge in [0.25, 0.3) is 0 Å². The molecular weight excluding hydrogens is 228 g/mol. The Morgan fingerprint density at radius 3 is 1.44 bits per heavy atom. The molecule has 2 aromatic carbocycles. The van der Waals surface area contributed by atoms with Crippen LogP contribution in [0.3, 0.4) is 0 Å². The summed E-state index contributed by atoms with van der Waals surface area (Å²) in [6.45, 7) is 0. The fraction of sp³-hybridized carbons (Fsp3) is 0. The van der Waals surface area contributed by atoms with Gasteiger partial charge in [0.05, 0.1) is 0 Å². The van der Waals surface area contributed by atoms with Crippen molar-refractivity contribution in [3.05, 3.63) is 69.4 Å². The fourth-order valence-corrected chi connectivity index (χ4v) is 1.67. The van der Waals surface area contributed by atoms with Gasteiger partial charge in [-0.1, -0.05) is 58.8 Å². The van der Waals surface area contributed by atoms with Gasteiger partial charge in [-0.25, -0.2) is 0 Å². The zero-order valence-corrected chi connectivity index (χ0v) is 9.30. The van der Waals surface area contributed by atoms with E-state index in [1.165, 1.54) is 0 Å². The Balaban J connectivity index is 2.69. The number of benzene rings is 2. The van der Waals surface area contributed by atoms with Crippen molar-refractivity contribution in [2.24, 2.45) is 10.2 Å². The maximum atomic E-state index is 8.54. The number of nitrogens with zero attached hydrogens (tertiary/aromatic N) is 6. The van der Waals surface area contributed by atoms with Crippen molar-refractivity contribution in [1.29, 1.82) is 0 Å². The number of hydrogen-bond acceptors (Lipinski definition) is 2. The van der Waals surface area contributed by atoms with Crippen LogP contribution in [-0.2, 0) is 0 Å². The summed E-state index contributed by atoms with van der Waals surface area (Å²) in [7, 11) is 0. The Labute approximate surface area is 103 Å². The second kappa shape index (κ2) is 5.41. The molecule has 0 amide bonds. The quantitative estimate of drug-likeness (QED) is 0.395. The van der Waals surface area contributed by atoms with Gasteiger partial charge in [0.15, 0.2) is 0 Å². The molecule has 0 saturated heterocycles. The van der Waals surface area contributed by atoms with Crippen LogP contribution in [0.2, 0.25) is 0 Å². The molecule has 0 aliphatic rings. The zero-order valence-electron chi connectivity index (χ0n) is 9.30. The first-order valence-electron chi connectivity index (χ1n) is 5.15. The Morgan fingerprint density at radius 2 is 1.06 bits per heavy atom. The summed E-state index contributed by atoms with van der Waals surface area (Å²) in [6.07, 6.45) is 0. The Bertz CT molecular complexity index is 606. The predicted octanol–water partition coefficient (Wildman–Crippen LogP) is 5.24. The molecule has 0 bridgehead atoms. The lowest BCUT2D eigenvalue weighted by molar-refractivity contribution is 1.43. The monoisotopic (exact) mass is 236 g/mol. The van der Waals surface area contributed by atoms with Gasteiger partial charge in [-0.05, 0) is 22.2 Å². The fourth-order valence-electron chi connectivity index (χ4n) is 1.67. The molecule has 0 spiro atoms. The highest BCUT2D eigenvalue weighted by Crippen LogP contribution is 2.36. The van der Waals surface area contributed by atoms with Gasteiger partial charge < -0.3 is 0 Å². The molecule has 86 valence electrons. The minimum absolute atomic E-state index is 0.501. The van der Waals surface area contributed by atoms with E-state index < -0.39 is 0 Å². The normalized spacial score (nSPS) is 9.11. The van der Waals surface area contributed by atoms with Gasteiger partial charge in [0.1, 0.15) is 0 Å². The minimum Gasteiger partial charge on any atom is -0.0618 e. The van der Waals surface area contributed by atoms with Gasteiger partial charge >= 0.3 is 0 Å². The van der Waals surface area contributed by atoms with Crippen LogP contribution >= 0.6 is 0 Å². The lowest BCUT2D eigenvalue weighted by atomic mass is 10.0. The number of rotatable bonds is 3. The van der Waals surface area contributed by atoms with E-state index in [0.29, 0.717) is 11.4 Å². The van der Waals surface area contributed by atoms with Crippen LogP contribution in [0.4, 0.5) is 11.4 Å². The van der Waals surface area contributed by atoms with E-state index in [4.69, 9.17) is 11.1 Å². The van der Waals surface area contributed by atoms with E-state index in [2.05, 4.69) is 20.1 Å². The first-order valence-corrected chi connectivity index (χ1v) is 5.15. The molecule has 0 unspecified atom stereocenters. The molecule has 2 aromatic rings. The highest BCUT2D eigenvalue weighted by atomic mass is 15.1. The molecule has 0 heterocycles. The Hall–Kier alpha value is -2.94. The van der Waals surface area contributed by atoms with Crippen LogP contribution < -0.4 is 0 Å². The van der Waals surface area contributed by atoms with E-state index in [9.17, 15) is 0 Å². The molecule has 0 saturated carbocycles. The van der Waals surface area contributed by atoms with Crippen molar-refractivity contribution >= 4 is 11.4 Å². The molecule has 0 aromatic heterocycles. The predicted molar refractivity (Wildman–Crippen MR) is 69.5 cm³/mol. The summed E-state index contributed by atoms with van der Waals surface area (Å²) in [6, 6.07) is 14.3. The summed E-state index contributed by atoms with van der Waals surface area (Å²) >= 11 is 0. The molecule has 2 rings (SSSR count). The van der Waals surface area contributed by atoms with E-state index in [1.807, 2.05) is 24.3 Å². The van der Waals surface area contributed by atoms with Crippen molar-refractivity contribution in [2.75, 3.05) is 0 Å². The van der Waals surface area contributed by atoms with Gasteiger partial charge in [0.2, 0.25) is 0 Å². The second-order valence-electron chi connectivity index (χ2n) is 3.41. The molecule has 0 N–H and O–H groups in total. The third-order valence-electron chi connectivity index (χ3n) is 2.40. The van der Waals surface area contributed by atoms with E-state index in [0.717, 1.165) is 11.1 Å². The van der Waals surface area contributed by atoms with Crippen LogP contribution in [-0.4, -0.2) is 0 Å². The first kappa shape index (κ1) is 11.5. The summed E-state index contributed by atoms with van der Waals surface area (Å²) < 4.78 is 0. The van der Waals surface area contributed by atoms with Crippen LogP contribution in [0.5, 0.6) is 0 Å². The standard InChI is InChI=1S/C12H8N6/c13-17-15-11-7-3-1-5-9(11)10-6-2-4-8-12(10)16-18-14/h1-8H. The molecule has 0 fully saturated rings. The van der Waals surface area contributed by atoms with Gasteiger partial charge in [-0.2, -0.15) is 0 Å². The summed E-state index contributed by atoms with van der Waals surface area (Å²) in [5, 5.41) is 7.26. The SMILES string of the molecule is [N-]=[N+]=Nc1ccccc1-c1ccccc1N=[N+]=[N-]. The topological polar surface area (TPSA) is 97.5 Å². The van der Waals surface area contributed by atoms with Crippen molar-refractivity contribution in [3.8, 4) is 11.1 Å². The van der Waals surface area contributed by atoms with Crippen LogP contribution in [0.25, 0.3) is 32.0 Å². The second-order valence-corrected chi connectivity index (χ2v) is 3.41. The van der Waals surface area contributed by atoms with E-state index in [-0.39, 0.29) is 0 Å². The molecule has 0 radical (unpaired) electrons. The van der Waals surface area contributed by atoms with Crippen molar-refractivity contribution < 1.29 is 0 Å². The lowest BCUT2D eigenvalue weighted by Crippen LogP contribution is -1.79. The Kier molecular flexibility index (Phi) is 3.47. The highest BCUT2D eigenvalue weighted by molar-refractivity contribution is 5.83. The third-order valence-corrected chi connectivity index (χ3v) is 2.40. The number of hydrogen-bond donors (Lipinski definition) is 0. The van der Waals surface area contributed by atoms with Crippen molar-refractivity contribution in [2.45, 2.75) is 0 Å². The van der Waals surface area contributed by atoms with E-state index >= 15 is 0 Å². The first-order chi connectivity index (χ1) is 8.86. The largest absolute Gasteiger partial charge is 0.0618 e. The molecule has 6 heteroatoms. The summed E-state index contributed by atoms with van der Waals surface area (Å²) in [4.78, 5) is 5.58. The molecule has 18 heavy (non-hydrogen) atoms. The molecular formula is C12H8N6. The maximum absolute atomic E-state index is 8.54. The summed E-state index contributed by atoms with van der Waals surface area (Å²) in [5.74, 6) is 0. The highest BCUT2D eigenvalue weighted by Gasteiger charge is 2.06. The van der Waals surface area contributed by atoms with Crippen LogP contribution in [0.1, 0.15) is 0 Å². The van der Waals surface area contributed by atoms with Crippen molar-refractivity contribution in [3.63, 3.8) is 0 Å². The van der Waals surface area contributed by atoms with Crippen LogP contribution in [0, 0.1) is 0 Å². The molecule has 0 aliphatic carbocycles. The summed E-state index contributed by atoms with van der Waals surface area (Å²) in [5.41, 5.74) is 19.6. The average Bonchev–Trinajstić information content (AvgIpc) is 2.41. The van der Waals surface area contributed by atoms with E-state index in [1.54, 1.807) is 24.3 Å². The Morgan fingerprint density at radius 1 is 0.667 bits per heavy atom. The molecule has 6 nitrogen and oxygen atoms in total. The third kappa shape index (κ3) is 2.25.